The van der Waals surface area contributed by atoms with Crippen LogP contribution in [0.1, 0.15) is 32.6 Å². The topological polar surface area (TPSA) is 118 Å². The number of aromatic nitrogens is 3. The van der Waals surface area contributed by atoms with Crippen LogP contribution in [0.4, 0.5) is 0 Å². The monoisotopic (exact) mass is 619 g/mol. The van der Waals surface area contributed by atoms with Gasteiger partial charge in [0.25, 0.3) is 0 Å². The molecule has 1 N–H and O–H groups in total. The highest BCUT2D eigenvalue weighted by Crippen LogP contribution is 2.68. The van der Waals surface area contributed by atoms with Gasteiger partial charge in [0, 0.05) is 29.8 Å². The molecule has 12 heteroatoms. The van der Waals surface area contributed by atoms with E-state index < -0.39 is 22.6 Å². The molecule has 1 aromatic carbocycles. The summed E-state index contributed by atoms with van der Waals surface area (Å²) in [4.78, 5) is 45.1. The van der Waals surface area contributed by atoms with Gasteiger partial charge in [0.2, 0.25) is 11.8 Å². The lowest BCUT2D eigenvalue weighted by atomic mass is 9.71. The van der Waals surface area contributed by atoms with Crippen LogP contribution in [0, 0.1) is 11.8 Å². The number of unbranched alkanes of at least 4 members (excludes halogenated alkanes) is 2. The van der Waals surface area contributed by atoms with Gasteiger partial charge in [-0.3, -0.25) is 14.4 Å². The Morgan fingerprint density at radius 3 is 2.87 bits per heavy atom. The molecule has 3 aliphatic rings. The van der Waals surface area contributed by atoms with Gasteiger partial charge < -0.3 is 19.6 Å². The van der Waals surface area contributed by atoms with Crippen LogP contribution in [-0.4, -0.2) is 94.9 Å². The zero-order valence-corrected chi connectivity index (χ0v) is 24.3. The molecule has 39 heavy (non-hydrogen) atoms. The molecule has 3 fully saturated rings. The number of benzene rings is 1. The molecule has 210 valence electrons. The van der Waals surface area contributed by atoms with E-state index >= 15 is 0 Å². The third-order valence-corrected chi connectivity index (χ3v) is 11.2. The summed E-state index contributed by atoms with van der Waals surface area (Å²) in [5.41, 5.74) is 1.53. The lowest BCUT2D eigenvalue weighted by molar-refractivity contribution is -0.153. The van der Waals surface area contributed by atoms with Crippen molar-refractivity contribution in [2.45, 2.75) is 60.1 Å². The highest BCUT2D eigenvalue weighted by molar-refractivity contribution is 9.09. The number of hydrogen-bond acceptors (Lipinski definition) is 8. The molecule has 6 atom stereocenters. The van der Waals surface area contributed by atoms with E-state index in [1.807, 2.05) is 24.3 Å². The molecule has 3 unspecified atom stereocenters. The van der Waals surface area contributed by atoms with Gasteiger partial charge in [-0.15, -0.1) is 23.4 Å². The second-order valence-electron chi connectivity index (χ2n) is 10.3. The fourth-order valence-corrected chi connectivity index (χ4v) is 10.1. The van der Waals surface area contributed by atoms with E-state index in [0.29, 0.717) is 25.8 Å². The van der Waals surface area contributed by atoms with E-state index in [4.69, 9.17) is 4.74 Å². The van der Waals surface area contributed by atoms with E-state index in [1.165, 1.54) is 0 Å². The van der Waals surface area contributed by atoms with Gasteiger partial charge in [-0.05, 0) is 44.7 Å². The van der Waals surface area contributed by atoms with Crippen LogP contribution < -0.4 is 0 Å². The number of rotatable bonds is 12. The highest BCUT2D eigenvalue weighted by atomic mass is 79.9. The third kappa shape index (κ3) is 4.78. The molecule has 2 bridgehead atoms. The number of amides is 2. The summed E-state index contributed by atoms with van der Waals surface area (Å²) in [5.74, 6) is -1.94. The number of esters is 1. The molecular formula is C27H34BrN5O5S. The number of ether oxygens (including phenoxy) is 1. The first-order chi connectivity index (χ1) is 18.9. The fourth-order valence-electron chi connectivity index (χ4n) is 6.46. The first kappa shape index (κ1) is 28.1. The van der Waals surface area contributed by atoms with E-state index in [9.17, 15) is 19.5 Å². The van der Waals surface area contributed by atoms with Crippen molar-refractivity contribution in [1.82, 2.24) is 24.8 Å². The lowest BCUT2D eigenvalue weighted by Crippen LogP contribution is -2.55. The molecule has 3 aliphatic heterocycles. The summed E-state index contributed by atoms with van der Waals surface area (Å²) in [6.07, 6.45) is 4.29. The quantitative estimate of drug-likeness (QED) is 0.167. The summed E-state index contributed by atoms with van der Waals surface area (Å²) in [6, 6.07) is 6.81. The lowest BCUT2D eigenvalue weighted by Gasteiger charge is -2.37. The number of fused-ring (bicyclic) bond motifs is 2. The molecule has 10 nitrogen and oxygen atoms in total. The molecule has 0 radical (unpaired) electrons. The Labute approximate surface area is 240 Å². The highest BCUT2D eigenvalue weighted by Gasteiger charge is 2.76. The van der Waals surface area contributed by atoms with E-state index in [0.717, 1.165) is 17.5 Å². The van der Waals surface area contributed by atoms with E-state index in [2.05, 4.69) is 32.8 Å². The second kappa shape index (κ2) is 11.6. The van der Waals surface area contributed by atoms with Crippen LogP contribution in [0.25, 0.3) is 11.0 Å². The average Bonchev–Trinajstić information content (AvgIpc) is 3.64. The number of aliphatic hydroxyl groups is 1. The Bertz CT molecular complexity index is 1260. The van der Waals surface area contributed by atoms with E-state index in [-0.39, 0.29) is 54.3 Å². The molecule has 2 amide bonds. The molecule has 1 spiro atoms. The smallest absolute Gasteiger partial charge is 0.310 e. The van der Waals surface area contributed by atoms with Crippen LogP contribution in [-0.2, 0) is 25.8 Å². The number of hydrogen-bond donors (Lipinski definition) is 1. The summed E-state index contributed by atoms with van der Waals surface area (Å²) in [5, 5.41) is 17.6. The first-order valence-electron chi connectivity index (χ1n) is 13.5. The SMILES string of the molecule is C=CCN(Cn1nnc2ccccc21)C(=O)C1N(CCCCCO)C(=O)[C@@H]2[C@@H](C(=O)OCC)[C@@H]3SC12CC3Br. The largest absolute Gasteiger partial charge is 0.466 e. The summed E-state index contributed by atoms with van der Waals surface area (Å²) in [7, 11) is 0. The number of aliphatic hydroxyl groups excluding tert-OH is 1. The predicted octanol–water partition coefficient (Wildman–Crippen LogP) is 2.59. The number of para-hydroxylation sites is 1. The minimum absolute atomic E-state index is 0.0160. The summed E-state index contributed by atoms with van der Waals surface area (Å²) < 4.78 is 6.36. The number of alkyl halides is 1. The van der Waals surface area contributed by atoms with Crippen molar-refractivity contribution in [3.8, 4) is 0 Å². The molecule has 2 aromatic rings. The minimum atomic E-state index is -0.745. The van der Waals surface area contributed by atoms with Crippen molar-refractivity contribution < 1.29 is 24.2 Å². The fraction of sp³-hybridized carbons (Fsp3) is 0.593. The number of halogens is 1. The number of thioether (sulfide) groups is 1. The first-order valence-corrected chi connectivity index (χ1v) is 15.2. The second-order valence-corrected chi connectivity index (χ2v) is 13.0. The molecule has 0 aliphatic carbocycles. The van der Waals surface area contributed by atoms with Crippen LogP contribution in [0.5, 0.6) is 0 Å². The molecule has 1 aromatic heterocycles. The summed E-state index contributed by atoms with van der Waals surface area (Å²) >= 11 is 5.37. The minimum Gasteiger partial charge on any atom is -0.466 e. The maximum Gasteiger partial charge on any atom is 0.310 e. The molecule has 3 saturated heterocycles. The van der Waals surface area contributed by atoms with Crippen LogP contribution in [0.3, 0.4) is 0 Å². The van der Waals surface area contributed by atoms with Gasteiger partial charge in [-0.1, -0.05) is 39.4 Å². The zero-order chi connectivity index (χ0) is 27.7. The van der Waals surface area contributed by atoms with Crippen molar-refractivity contribution in [2.24, 2.45) is 11.8 Å². The maximum absolute atomic E-state index is 14.5. The van der Waals surface area contributed by atoms with Gasteiger partial charge >= 0.3 is 5.97 Å². The average molecular weight is 621 g/mol. The molecular weight excluding hydrogens is 586 g/mol. The maximum atomic E-state index is 14.5. The number of likely N-dealkylation sites (tertiary alicyclic amines) is 1. The normalized spacial score (nSPS) is 29.2. The van der Waals surface area contributed by atoms with Crippen LogP contribution >= 0.6 is 27.7 Å². The van der Waals surface area contributed by atoms with Crippen LogP contribution in [0.2, 0.25) is 0 Å². The number of carbonyl (C=O) groups excluding carboxylic acids is 3. The van der Waals surface area contributed by atoms with Gasteiger partial charge in [-0.2, -0.15) is 0 Å². The Morgan fingerprint density at radius 1 is 1.33 bits per heavy atom. The zero-order valence-electron chi connectivity index (χ0n) is 21.9. The predicted molar refractivity (Wildman–Crippen MR) is 151 cm³/mol. The van der Waals surface area contributed by atoms with Gasteiger partial charge in [0.15, 0.2) is 0 Å². The third-order valence-electron chi connectivity index (χ3n) is 8.03. The Kier molecular flexibility index (Phi) is 8.34. The molecule has 4 heterocycles. The van der Waals surface area contributed by atoms with Crippen molar-refractivity contribution in [2.75, 3.05) is 26.3 Å². The number of nitrogens with zero attached hydrogens (tertiary/aromatic N) is 5. The van der Waals surface area contributed by atoms with E-state index in [1.54, 1.807) is 39.2 Å². The van der Waals surface area contributed by atoms with Crippen LogP contribution in [0.15, 0.2) is 36.9 Å². The Morgan fingerprint density at radius 2 is 2.13 bits per heavy atom. The van der Waals surface area contributed by atoms with Gasteiger partial charge in [0.05, 0.1) is 28.7 Å². The van der Waals surface area contributed by atoms with Crippen molar-refractivity contribution >= 4 is 56.5 Å². The van der Waals surface area contributed by atoms with Crippen molar-refractivity contribution in [3.05, 3.63) is 36.9 Å². The Hall–Kier alpha value is -2.44. The molecule has 5 rings (SSSR count). The van der Waals surface area contributed by atoms with Gasteiger partial charge in [0.1, 0.15) is 18.2 Å². The van der Waals surface area contributed by atoms with Crippen molar-refractivity contribution in [3.63, 3.8) is 0 Å². The number of carbonyl (C=O) groups is 3. The Balaban J connectivity index is 1.51. The van der Waals surface area contributed by atoms with Gasteiger partial charge in [-0.25, -0.2) is 4.68 Å². The summed E-state index contributed by atoms with van der Waals surface area (Å²) in [6.45, 7) is 6.75. The standard InChI is InChI=1S/C27H34BrN5O5S/c1-3-12-31(16-33-19-11-7-6-10-18(19)29-30-33)25(36)23-27-15-17(28)22(39-27)20(26(37)38-4-2)21(27)24(35)32(23)13-8-5-9-14-34/h3,6-7,10-11,17,20-23,34H,1,4-5,8-9,12-16H2,2H3/t17?,20-,21+,22-,23?,27?/m1/s1. The van der Waals surface area contributed by atoms with Crippen molar-refractivity contribution in [1.29, 1.82) is 0 Å². The molecule has 0 saturated carbocycles.